The molecule has 18 nitrogen and oxygen atoms in total. The minimum Gasteiger partial charge on any atom is -0.507 e. The molecule has 7 atom stereocenters. The Kier molecular flexibility index (Phi) is 11.3. The first-order valence-corrected chi connectivity index (χ1v) is 19.8. The zero-order valence-corrected chi connectivity index (χ0v) is 33.7. The van der Waals surface area contributed by atoms with Gasteiger partial charge in [0.1, 0.15) is 28.7 Å². The van der Waals surface area contributed by atoms with E-state index in [1.54, 1.807) is 6.92 Å². The van der Waals surface area contributed by atoms with Gasteiger partial charge in [0.2, 0.25) is 5.78 Å². The predicted octanol–water partition coefficient (Wildman–Crippen LogP) is 1.55. The number of aliphatic hydroxyl groups is 3. The number of hydrazone groups is 1. The van der Waals surface area contributed by atoms with Crippen molar-refractivity contribution in [3.05, 3.63) is 93.3 Å². The maximum atomic E-state index is 14.7. The molecule has 62 heavy (non-hydrogen) atoms. The molecule has 0 spiro atoms. The van der Waals surface area contributed by atoms with Crippen molar-refractivity contribution in [1.82, 2.24) is 10.3 Å². The second-order valence-corrected chi connectivity index (χ2v) is 15.9. The molecule has 2 fully saturated rings. The van der Waals surface area contributed by atoms with Gasteiger partial charge < -0.3 is 44.5 Å². The lowest BCUT2D eigenvalue weighted by Gasteiger charge is -2.47. The van der Waals surface area contributed by atoms with Crippen LogP contribution in [0.5, 0.6) is 17.2 Å². The number of carbonyl (C=O) groups is 5. The molecule has 0 radical (unpaired) electrons. The molecule has 0 saturated carbocycles. The third-order valence-corrected chi connectivity index (χ3v) is 12.0. The number of carbonyl (C=O) groups excluding carboxylic acids is 5. The number of fused-ring (bicyclic) bond motifs is 3. The fourth-order valence-electron chi connectivity index (χ4n) is 9.02. The van der Waals surface area contributed by atoms with Crippen molar-refractivity contribution >= 4 is 40.7 Å². The van der Waals surface area contributed by atoms with Gasteiger partial charge in [-0.05, 0) is 38.1 Å². The summed E-state index contributed by atoms with van der Waals surface area (Å²) >= 11 is 0. The lowest BCUT2D eigenvalue weighted by Crippen LogP contribution is -2.59. The summed E-state index contributed by atoms with van der Waals surface area (Å²) in [6, 6.07) is 6.56. The molecule has 1 unspecified atom stereocenters. The Bertz CT molecular complexity index is 2460. The van der Waals surface area contributed by atoms with E-state index in [1.165, 1.54) is 25.3 Å². The molecule has 326 valence electrons. The van der Waals surface area contributed by atoms with Crippen LogP contribution in [0.2, 0.25) is 0 Å². The number of nitrogens with one attached hydrogen (secondary N) is 1. The highest BCUT2D eigenvalue weighted by molar-refractivity contribution is 6.31. The number of hydrogen-bond donors (Lipinski definition) is 6. The Morgan fingerprint density at radius 1 is 1.03 bits per heavy atom. The molecule has 19 heteroatoms. The second kappa shape index (κ2) is 16.4. The number of halogens is 1. The molecule has 0 bridgehead atoms. The van der Waals surface area contributed by atoms with E-state index in [1.807, 2.05) is 11.8 Å². The quantitative estimate of drug-likeness (QED) is 0.0605. The maximum Gasteiger partial charge on any atom is 0.271 e. The van der Waals surface area contributed by atoms with Crippen LogP contribution in [0.1, 0.15) is 86.1 Å². The van der Waals surface area contributed by atoms with Crippen LogP contribution in [0.4, 0.5) is 10.1 Å². The molecular formula is C43H43FN4O14. The number of ether oxygens (including phenoxy) is 4. The van der Waals surface area contributed by atoms with E-state index in [0.717, 1.165) is 30.4 Å². The van der Waals surface area contributed by atoms with Crippen molar-refractivity contribution in [3.63, 3.8) is 0 Å². The zero-order valence-electron chi connectivity index (χ0n) is 33.7. The third-order valence-electron chi connectivity index (χ3n) is 12.0. The van der Waals surface area contributed by atoms with Gasteiger partial charge in [-0.1, -0.05) is 12.1 Å². The number of amides is 3. The van der Waals surface area contributed by atoms with Crippen LogP contribution in [-0.2, 0) is 30.2 Å². The summed E-state index contributed by atoms with van der Waals surface area (Å²) in [7, 11) is 1.30. The first kappa shape index (κ1) is 42.7. The summed E-state index contributed by atoms with van der Waals surface area (Å²) in [6.07, 6.45) is -3.61. The normalized spacial score (nSPS) is 27.5. The number of benzene rings is 3. The van der Waals surface area contributed by atoms with E-state index >= 15 is 0 Å². The summed E-state index contributed by atoms with van der Waals surface area (Å²) in [6.45, 7) is 3.96. The van der Waals surface area contributed by atoms with Crippen molar-refractivity contribution < 1.29 is 72.8 Å². The first-order chi connectivity index (χ1) is 29.5. The summed E-state index contributed by atoms with van der Waals surface area (Å²) in [5.41, 5.74) is -3.05. The summed E-state index contributed by atoms with van der Waals surface area (Å²) < 4.78 is 38.4. The number of anilines is 1. The number of phenols is 2. The number of phenolic OH excluding ortho intramolecular Hbond substituents is 2. The van der Waals surface area contributed by atoms with Crippen molar-refractivity contribution in [2.24, 2.45) is 5.10 Å². The van der Waals surface area contributed by atoms with Crippen LogP contribution in [0.15, 0.2) is 53.7 Å². The summed E-state index contributed by atoms with van der Waals surface area (Å²) in [5.74, 6) is -6.67. The zero-order chi connectivity index (χ0) is 44.4. The average Bonchev–Trinajstić information content (AvgIpc) is 3.58. The number of imide groups is 1. The molecule has 3 aliphatic heterocycles. The number of hydrogen-bond acceptors (Lipinski definition) is 16. The molecule has 3 amide bonds. The molecule has 3 aromatic carbocycles. The van der Waals surface area contributed by atoms with E-state index in [2.05, 4.69) is 10.5 Å². The highest BCUT2D eigenvalue weighted by Gasteiger charge is 2.50. The fourth-order valence-corrected chi connectivity index (χ4v) is 9.02. The molecule has 3 heterocycles. The van der Waals surface area contributed by atoms with Crippen molar-refractivity contribution in [1.29, 1.82) is 0 Å². The smallest absolute Gasteiger partial charge is 0.271 e. The van der Waals surface area contributed by atoms with Gasteiger partial charge in [-0.15, -0.1) is 0 Å². The van der Waals surface area contributed by atoms with E-state index < -0.39 is 119 Å². The van der Waals surface area contributed by atoms with E-state index in [4.69, 9.17) is 18.9 Å². The van der Waals surface area contributed by atoms with Gasteiger partial charge in [-0.2, -0.15) is 5.10 Å². The van der Waals surface area contributed by atoms with Crippen molar-refractivity contribution in [2.75, 3.05) is 38.3 Å². The van der Waals surface area contributed by atoms with Crippen LogP contribution < -0.4 is 15.1 Å². The monoisotopic (exact) mass is 858 g/mol. The maximum absolute atomic E-state index is 14.7. The van der Waals surface area contributed by atoms with Gasteiger partial charge in [-0.3, -0.25) is 28.9 Å². The number of morpholine rings is 1. The van der Waals surface area contributed by atoms with Gasteiger partial charge in [0.25, 0.3) is 17.7 Å². The summed E-state index contributed by atoms with van der Waals surface area (Å²) in [5, 5.41) is 62.4. The Hall–Kier alpha value is -5.93. The van der Waals surface area contributed by atoms with Crippen molar-refractivity contribution in [3.8, 4) is 17.2 Å². The van der Waals surface area contributed by atoms with Crippen LogP contribution >= 0.6 is 0 Å². The molecule has 6 N–H and O–H groups in total. The minimum atomic E-state index is -2.33. The predicted molar refractivity (Wildman–Crippen MR) is 212 cm³/mol. The molecule has 2 saturated heterocycles. The molecule has 0 aromatic heterocycles. The van der Waals surface area contributed by atoms with E-state index in [9.17, 15) is 53.9 Å². The molecule has 8 rings (SSSR count). The molecule has 2 aliphatic carbocycles. The number of methoxy groups -OCH3 is 1. The van der Waals surface area contributed by atoms with E-state index in [-0.39, 0.29) is 51.8 Å². The van der Waals surface area contributed by atoms with Gasteiger partial charge in [0.15, 0.2) is 12.1 Å². The highest BCUT2D eigenvalue weighted by atomic mass is 19.1. The Morgan fingerprint density at radius 3 is 2.45 bits per heavy atom. The number of rotatable bonds is 9. The van der Waals surface area contributed by atoms with Crippen LogP contribution in [0.3, 0.4) is 0 Å². The molecule has 5 aliphatic rings. The summed E-state index contributed by atoms with van der Waals surface area (Å²) in [4.78, 5) is 68.9. The second-order valence-electron chi connectivity index (χ2n) is 15.9. The SMILES string of the molecule is COc1cccc2c1C(=O)c1c(O)c3c(c(O)c1C2=O)C[C@@](O)(/C(CO)=N/NC(=O)c1cc(F)cc(N2C(=O)C=CC2=O)c1)C[C@@H]3O[C@H]1CC(N2CCO[C@@H](C)C2)[C@H](O)[C@H](C)O1. The average molecular weight is 859 g/mol. The fraction of sp³-hybridized carbons (Fsp3) is 0.395. The Balaban J connectivity index is 1.18. The Morgan fingerprint density at radius 2 is 1.76 bits per heavy atom. The largest absolute Gasteiger partial charge is 0.507 e. The van der Waals surface area contributed by atoms with Crippen LogP contribution in [0.25, 0.3) is 0 Å². The lowest BCUT2D eigenvalue weighted by atomic mass is 9.71. The van der Waals surface area contributed by atoms with E-state index in [0.29, 0.717) is 24.6 Å². The molecule has 3 aromatic rings. The van der Waals surface area contributed by atoms with Crippen molar-refractivity contribution in [2.45, 2.75) is 75.5 Å². The first-order valence-electron chi connectivity index (χ1n) is 19.8. The number of nitrogens with zero attached hydrogens (tertiary/aromatic N) is 3. The number of ketones is 2. The number of aliphatic hydroxyl groups excluding tert-OH is 2. The Labute approximate surface area is 352 Å². The number of aromatic hydroxyl groups is 2. The third kappa shape index (κ3) is 7.34. The standard InChI is InChI=1S/C43H43FN4O14/c1-19-17-47(9-10-60-19)26-14-32(61-20(2)37(26)52)62-28-16-43(58,29(18-49)45-46-42(57)21-11-22(44)13-23(12-21)48-30(50)7-8-31(48)51)15-25-34(28)41(56)36-35(39(25)54)38(53)24-5-4-6-27(59-3)33(24)40(36)55/h4-8,11-13,19-20,26,28,32,37,49,52,54,56,58H,9-10,14-18H2,1-3H3,(H,46,57)/b45-29+/t19-,20-,26?,28-,32-,37+,43-/m0/s1. The van der Waals surface area contributed by atoms with Gasteiger partial charge in [0, 0.05) is 72.8 Å². The minimum absolute atomic E-state index is 0.0484. The van der Waals surface area contributed by atoms with Crippen LogP contribution in [0, 0.1) is 5.82 Å². The lowest BCUT2D eigenvalue weighted by molar-refractivity contribution is -0.260. The van der Waals surface area contributed by atoms with Gasteiger partial charge in [-0.25, -0.2) is 14.7 Å². The van der Waals surface area contributed by atoms with Gasteiger partial charge >= 0.3 is 0 Å². The van der Waals surface area contributed by atoms with Crippen LogP contribution in [-0.4, -0.2) is 135 Å². The van der Waals surface area contributed by atoms with Gasteiger partial charge in [0.05, 0.1) is 72.8 Å². The molecular weight excluding hydrogens is 815 g/mol. The highest BCUT2D eigenvalue weighted by Crippen LogP contribution is 2.53. The topological polar surface area (TPSA) is 254 Å².